The first-order valence-electron chi connectivity index (χ1n) is 4.65. The lowest BCUT2D eigenvalue weighted by Gasteiger charge is -2.00. The first-order chi connectivity index (χ1) is 8.10. The van der Waals surface area contributed by atoms with Crippen LogP contribution in [0.4, 0.5) is 0 Å². The van der Waals surface area contributed by atoms with Crippen LogP contribution in [0.15, 0.2) is 18.3 Å². The second kappa shape index (κ2) is 4.02. The Morgan fingerprint density at radius 1 is 1.53 bits per heavy atom. The van der Waals surface area contributed by atoms with Crippen LogP contribution in [0.25, 0.3) is 5.95 Å². The molecule has 2 heterocycles. The molecule has 0 saturated heterocycles. The molecule has 1 N–H and O–H groups in total. The van der Waals surface area contributed by atoms with Crippen molar-refractivity contribution in [3.63, 3.8) is 0 Å². The van der Waals surface area contributed by atoms with E-state index in [1.54, 1.807) is 6.92 Å². The summed E-state index contributed by atoms with van der Waals surface area (Å²) in [6.07, 6.45) is 1.43. The zero-order valence-corrected chi connectivity index (χ0v) is 8.82. The van der Waals surface area contributed by atoms with E-state index in [1.165, 1.54) is 23.0 Å². The lowest BCUT2D eigenvalue weighted by Crippen LogP contribution is -2.06. The maximum Gasteiger partial charge on any atom is 0.356 e. The van der Waals surface area contributed by atoms with E-state index in [9.17, 15) is 4.79 Å². The van der Waals surface area contributed by atoms with Gasteiger partial charge in [0.2, 0.25) is 0 Å². The fraction of sp³-hybridized carbons (Fsp3) is 0.100. The Morgan fingerprint density at radius 3 is 2.88 bits per heavy atom. The summed E-state index contributed by atoms with van der Waals surface area (Å²) in [5, 5.41) is 21.3. The highest BCUT2D eigenvalue weighted by atomic mass is 16.4. The number of aromatic carboxylic acids is 1. The van der Waals surface area contributed by atoms with Crippen molar-refractivity contribution in [1.29, 1.82) is 5.26 Å². The number of aryl methyl sites for hydroxylation is 1. The zero-order valence-electron chi connectivity index (χ0n) is 8.82. The first kappa shape index (κ1) is 10.8. The molecule has 0 saturated carbocycles. The fourth-order valence-electron chi connectivity index (χ4n) is 1.26. The molecule has 0 spiro atoms. The first-order valence-corrected chi connectivity index (χ1v) is 4.65. The van der Waals surface area contributed by atoms with Crippen molar-refractivity contribution in [2.75, 3.05) is 0 Å². The van der Waals surface area contributed by atoms with E-state index in [1.807, 2.05) is 6.07 Å². The third-order valence-corrected chi connectivity index (χ3v) is 1.97. The second-order valence-corrected chi connectivity index (χ2v) is 3.26. The van der Waals surface area contributed by atoms with E-state index in [-0.39, 0.29) is 17.3 Å². The predicted octanol–water partition coefficient (Wildman–Crippen LogP) is 0.541. The number of carboxylic acids is 1. The van der Waals surface area contributed by atoms with Crippen molar-refractivity contribution in [3.8, 4) is 12.0 Å². The Labute approximate surface area is 96.0 Å². The average Bonchev–Trinajstić information content (AvgIpc) is 2.77. The monoisotopic (exact) mass is 229 g/mol. The SMILES string of the molecule is Cc1cc(C#N)nc(-n2ccc(C(=O)O)n2)n1. The number of hydrogen-bond donors (Lipinski definition) is 1. The predicted molar refractivity (Wildman–Crippen MR) is 55.6 cm³/mol. The minimum absolute atomic E-state index is 0.103. The Balaban J connectivity index is 2.49. The molecule has 2 rings (SSSR count). The van der Waals surface area contributed by atoms with Crippen LogP contribution in [0.2, 0.25) is 0 Å². The van der Waals surface area contributed by atoms with Gasteiger partial charge in [-0.2, -0.15) is 10.4 Å². The maximum atomic E-state index is 10.7. The lowest BCUT2D eigenvalue weighted by molar-refractivity contribution is 0.0690. The van der Waals surface area contributed by atoms with Crippen LogP contribution in [-0.4, -0.2) is 30.8 Å². The molecule has 0 unspecified atom stereocenters. The van der Waals surface area contributed by atoms with Crippen LogP contribution in [-0.2, 0) is 0 Å². The van der Waals surface area contributed by atoms with Crippen molar-refractivity contribution in [3.05, 3.63) is 35.4 Å². The third kappa shape index (κ3) is 2.10. The Bertz CT molecular complexity index is 626. The van der Waals surface area contributed by atoms with Crippen LogP contribution in [0, 0.1) is 18.3 Å². The standard InChI is InChI=1S/C10H7N5O2/c1-6-4-7(5-11)13-10(12-6)15-3-2-8(14-15)9(16)17/h2-4H,1H3,(H,16,17). The molecular weight excluding hydrogens is 222 g/mol. The number of carboxylic acid groups (broad SMARTS) is 1. The molecule has 17 heavy (non-hydrogen) atoms. The van der Waals surface area contributed by atoms with Gasteiger partial charge in [0.15, 0.2) is 5.69 Å². The lowest BCUT2D eigenvalue weighted by atomic mass is 10.3. The van der Waals surface area contributed by atoms with Crippen molar-refractivity contribution < 1.29 is 9.90 Å². The van der Waals surface area contributed by atoms with Gasteiger partial charge in [0.05, 0.1) is 0 Å². The van der Waals surface area contributed by atoms with Gasteiger partial charge in [-0.15, -0.1) is 0 Å². The summed E-state index contributed by atoms with van der Waals surface area (Å²) >= 11 is 0. The quantitative estimate of drug-likeness (QED) is 0.805. The number of nitriles is 1. The Morgan fingerprint density at radius 2 is 2.29 bits per heavy atom. The molecule has 7 nitrogen and oxygen atoms in total. The molecule has 0 aliphatic rings. The maximum absolute atomic E-state index is 10.7. The van der Waals surface area contributed by atoms with Crippen molar-refractivity contribution in [2.45, 2.75) is 6.92 Å². The molecular formula is C10H7N5O2. The summed E-state index contributed by atoms with van der Waals surface area (Å²) in [6, 6.07) is 4.77. The Kier molecular flexibility index (Phi) is 2.54. The number of aromatic nitrogens is 4. The van der Waals surface area contributed by atoms with Gasteiger partial charge in [0.1, 0.15) is 11.8 Å². The number of rotatable bonds is 2. The number of carbonyl (C=O) groups is 1. The minimum Gasteiger partial charge on any atom is -0.476 e. The fourth-order valence-corrected chi connectivity index (χ4v) is 1.26. The minimum atomic E-state index is -1.13. The van der Waals surface area contributed by atoms with E-state index in [0.717, 1.165) is 0 Å². The van der Waals surface area contributed by atoms with Gasteiger partial charge in [-0.25, -0.2) is 19.4 Å². The molecule has 2 aromatic rings. The molecule has 0 fully saturated rings. The van der Waals surface area contributed by atoms with E-state index in [2.05, 4.69) is 15.1 Å². The van der Waals surface area contributed by atoms with Crippen molar-refractivity contribution in [2.24, 2.45) is 0 Å². The van der Waals surface area contributed by atoms with E-state index >= 15 is 0 Å². The summed E-state index contributed by atoms with van der Waals surface area (Å²) < 4.78 is 1.22. The second-order valence-electron chi connectivity index (χ2n) is 3.26. The number of nitrogens with zero attached hydrogens (tertiary/aromatic N) is 5. The summed E-state index contributed by atoms with van der Waals surface area (Å²) in [5.74, 6) is -0.953. The molecule has 84 valence electrons. The summed E-state index contributed by atoms with van der Waals surface area (Å²) in [7, 11) is 0. The molecule has 0 aromatic carbocycles. The molecule has 0 amide bonds. The normalized spacial score (nSPS) is 9.88. The molecule has 0 bridgehead atoms. The van der Waals surface area contributed by atoms with Crippen molar-refractivity contribution in [1.82, 2.24) is 19.7 Å². The van der Waals surface area contributed by atoms with Crippen LogP contribution >= 0.6 is 0 Å². The van der Waals surface area contributed by atoms with E-state index in [4.69, 9.17) is 10.4 Å². The van der Waals surface area contributed by atoms with Gasteiger partial charge in [0.25, 0.3) is 5.95 Å². The van der Waals surface area contributed by atoms with Gasteiger partial charge in [-0.3, -0.25) is 0 Å². The number of hydrogen-bond acceptors (Lipinski definition) is 5. The highest BCUT2D eigenvalue weighted by Crippen LogP contribution is 2.05. The van der Waals surface area contributed by atoms with E-state index < -0.39 is 5.97 Å². The molecule has 0 atom stereocenters. The van der Waals surface area contributed by atoms with Crippen molar-refractivity contribution >= 4 is 5.97 Å². The largest absolute Gasteiger partial charge is 0.476 e. The molecule has 0 aliphatic carbocycles. The Hall–Kier alpha value is -2.75. The topological polar surface area (TPSA) is 105 Å². The molecule has 2 aromatic heterocycles. The van der Waals surface area contributed by atoms with Gasteiger partial charge >= 0.3 is 5.97 Å². The van der Waals surface area contributed by atoms with Gasteiger partial charge in [-0.05, 0) is 19.1 Å². The van der Waals surface area contributed by atoms with Crippen LogP contribution in [0.1, 0.15) is 21.9 Å². The van der Waals surface area contributed by atoms with Gasteiger partial charge in [0, 0.05) is 11.9 Å². The molecule has 0 aliphatic heterocycles. The highest BCUT2D eigenvalue weighted by Gasteiger charge is 2.10. The van der Waals surface area contributed by atoms with Gasteiger partial charge in [-0.1, -0.05) is 0 Å². The zero-order chi connectivity index (χ0) is 12.4. The summed E-state index contributed by atoms with van der Waals surface area (Å²) in [5.41, 5.74) is 0.715. The summed E-state index contributed by atoms with van der Waals surface area (Å²) in [6.45, 7) is 1.72. The third-order valence-electron chi connectivity index (χ3n) is 1.97. The van der Waals surface area contributed by atoms with Crippen LogP contribution in [0.5, 0.6) is 0 Å². The van der Waals surface area contributed by atoms with Gasteiger partial charge < -0.3 is 5.11 Å². The average molecular weight is 229 g/mol. The highest BCUT2D eigenvalue weighted by molar-refractivity contribution is 5.85. The molecule has 0 radical (unpaired) electrons. The van der Waals surface area contributed by atoms with Crippen LogP contribution < -0.4 is 0 Å². The molecule has 7 heteroatoms. The van der Waals surface area contributed by atoms with E-state index in [0.29, 0.717) is 5.69 Å². The summed E-state index contributed by atoms with van der Waals surface area (Å²) in [4.78, 5) is 18.7. The van der Waals surface area contributed by atoms with Crippen LogP contribution in [0.3, 0.4) is 0 Å². The smallest absolute Gasteiger partial charge is 0.356 e.